The van der Waals surface area contributed by atoms with Gasteiger partial charge in [0, 0.05) is 32.2 Å². The highest BCUT2D eigenvalue weighted by atomic mass is 16.5. The Morgan fingerprint density at radius 1 is 1.26 bits per heavy atom. The smallest absolute Gasteiger partial charge is 0.226 e. The molecule has 2 aromatic heterocycles. The monoisotopic (exact) mass is 477 g/mol. The fraction of sp³-hybridized carbons (Fsp3) is 0.536. The zero-order valence-electron chi connectivity index (χ0n) is 22.1. The Balaban J connectivity index is 1.61. The number of methoxy groups -OCH3 is 1. The summed E-state index contributed by atoms with van der Waals surface area (Å²) in [6.07, 6.45) is 3.15. The Hall–Kier alpha value is -2.93. The van der Waals surface area contributed by atoms with Crippen LogP contribution in [0.2, 0.25) is 0 Å². The number of benzene rings is 1. The van der Waals surface area contributed by atoms with Crippen LogP contribution in [0.15, 0.2) is 42.6 Å². The summed E-state index contributed by atoms with van der Waals surface area (Å²) in [5, 5.41) is 7.83. The first kappa shape index (κ1) is 25.2. The van der Waals surface area contributed by atoms with E-state index in [0.29, 0.717) is 18.3 Å². The van der Waals surface area contributed by atoms with Crippen molar-refractivity contribution in [3.63, 3.8) is 0 Å². The van der Waals surface area contributed by atoms with Crippen LogP contribution in [0.1, 0.15) is 58.0 Å². The predicted molar refractivity (Wildman–Crippen MR) is 140 cm³/mol. The normalized spacial score (nSPS) is 20.9. The minimum absolute atomic E-state index is 0.0587. The van der Waals surface area contributed by atoms with Crippen molar-refractivity contribution in [3.05, 3.63) is 59.5 Å². The number of nitrogens with zero attached hydrogens (tertiary/aromatic N) is 4. The molecule has 1 aromatic carbocycles. The van der Waals surface area contributed by atoms with Gasteiger partial charge in [-0.1, -0.05) is 58.0 Å². The lowest BCUT2D eigenvalue weighted by Crippen LogP contribution is -2.44. The van der Waals surface area contributed by atoms with Gasteiger partial charge in [0.05, 0.1) is 17.8 Å². The molecule has 0 bridgehead atoms. The molecule has 0 radical (unpaired) electrons. The number of anilines is 1. The third kappa shape index (κ3) is 4.79. The molecule has 7 nitrogen and oxygen atoms in total. The van der Waals surface area contributed by atoms with E-state index < -0.39 is 11.5 Å². The average Bonchev–Trinajstić information content (AvgIpc) is 3.47. The van der Waals surface area contributed by atoms with E-state index in [1.54, 1.807) is 7.11 Å². The fourth-order valence-electron chi connectivity index (χ4n) is 4.94. The number of aryl methyl sites for hydroxylation is 1. The predicted octanol–water partition coefficient (Wildman–Crippen LogP) is 4.48. The first-order valence-electron chi connectivity index (χ1n) is 12.6. The van der Waals surface area contributed by atoms with Crippen LogP contribution in [0.4, 0.5) is 5.69 Å². The van der Waals surface area contributed by atoms with Crippen molar-refractivity contribution >= 4 is 17.2 Å². The third-order valence-electron chi connectivity index (χ3n) is 7.68. The molecule has 1 saturated heterocycles. The third-order valence-corrected chi connectivity index (χ3v) is 7.68. The van der Waals surface area contributed by atoms with Crippen molar-refractivity contribution in [3.8, 4) is 0 Å². The molecule has 1 aliphatic heterocycles. The molecule has 1 amide bonds. The van der Waals surface area contributed by atoms with Gasteiger partial charge in [0.2, 0.25) is 5.91 Å². The summed E-state index contributed by atoms with van der Waals surface area (Å²) in [4.78, 5) is 20.1. The molecule has 1 fully saturated rings. The molecule has 4 rings (SSSR count). The number of aromatic nitrogens is 3. The van der Waals surface area contributed by atoms with E-state index in [4.69, 9.17) is 14.8 Å². The van der Waals surface area contributed by atoms with Gasteiger partial charge in [-0.05, 0) is 43.4 Å². The van der Waals surface area contributed by atoms with E-state index in [9.17, 15) is 4.79 Å². The van der Waals surface area contributed by atoms with E-state index in [0.717, 1.165) is 36.4 Å². The second kappa shape index (κ2) is 9.61. The highest BCUT2D eigenvalue weighted by molar-refractivity contribution is 5.79. The van der Waals surface area contributed by atoms with Gasteiger partial charge in [0.15, 0.2) is 11.5 Å². The molecule has 1 N–H and O–H groups in total. The van der Waals surface area contributed by atoms with Gasteiger partial charge in [-0.3, -0.25) is 4.79 Å². The average molecular weight is 478 g/mol. The van der Waals surface area contributed by atoms with Crippen molar-refractivity contribution in [1.29, 1.82) is 0 Å². The van der Waals surface area contributed by atoms with Crippen LogP contribution in [-0.4, -0.2) is 47.2 Å². The number of hydrogen-bond donors (Lipinski definition) is 1. The minimum atomic E-state index is -0.945. The number of fused-ring (bicyclic) bond motifs is 1. The number of ether oxygens (including phenoxy) is 1. The Morgan fingerprint density at radius 3 is 2.63 bits per heavy atom. The number of nitrogens with one attached hydrogen (secondary N) is 1. The van der Waals surface area contributed by atoms with Crippen molar-refractivity contribution in [2.45, 2.75) is 59.0 Å². The van der Waals surface area contributed by atoms with Gasteiger partial charge in [-0.15, -0.1) is 5.10 Å². The van der Waals surface area contributed by atoms with Crippen LogP contribution in [0.3, 0.4) is 0 Å². The summed E-state index contributed by atoms with van der Waals surface area (Å²) in [7, 11) is 1.62. The highest BCUT2D eigenvalue weighted by Gasteiger charge is 2.42. The minimum Gasteiger partial charge on any atom is -0.370 e. The Bertz CT molecular complexity index is 1190. The molecule has 0 saturated carbocycles. The number of amides is 1. The number of carbonyl (C=O) groups excluding carboxylic acids is 1. The van der Waals surface area contributed by atoms with Gasteiger partial charge in [-0.2, -0.15) is 0 Å². The van der Waals surface area contributed by atoms with Crippen LogP contribution in [0.25, 0.3) is 5.65 Å². The van der Waals surface area contributed by atoms with Crippen LogP contribution >= 0.6 is 0 Å². The quantitative estimate of drug-likeness (QED) is 0.518. The number of pyridine rings is 1. The second-order valence-electron chi connectivity index (χ2n) is 10.9. The van der Waals surface area contributed by atoms with Crippen LogP contribution in [0, 0.1) is 18.8 Å². The molecule has 1 aliphatic rings. The van der Waals surface area contributed by atoms with E-state index in [-0.39, 0.29) is 11.3 Å². The van der Waals surface area contributed by atoms with Crippen molar-refractivity contribution in [2.75, 3.05) is 31.6 Å². The molecule has 3 atom stereocenters. The lowest BCUT2D eigenvalue weighted by molar-refractivity contribution is -0.137. The lowest BCUT2D eigenvalue weighted by Gasteiger charge is -2.30. The van der Waals surface area contributed by atoms with E-state index in [1.165, 1.54) is 5.56 Å². The largest absolute Gasteiger partial charge is 0.370 e. The number of rotatable bonds is 8. The van der Waals surface area contributed by atoms with Crippen molar-refractivity contribution < 1.29 is 9.53 Å². The van der Waals surface area contributed by atoms with Crippen LogP contribution < -0.4 is 10.2 Å². The zero-order chi connectivity index (χ0) is 25.4. The molecule has 188 valence electrons. The summed E-state index contributed by atoms with van der Waals surface area (Å²) in [6.45, 7) is 14.9. The molecular formula is C28H39N5O2. The first-order valence-corrected chi connectivity index (χ1v) is 12.6. The molecule has 2 unspecified atom stereocenters. The SMILES string of the molecule is COC(C)(c1nc2c(C)cc(N3CC[C@](C)(c4ccccc4)C3)cn2n1)C(C)C(=O)NCC(C)C. The fourth-order valence-corrected chi connectivity index (χ4v) is 4.94. The van der Waals surface area contributed by atoms with Gasteiger partial charge in [0.25, 0.3) is 0 Å². The van der Waals surface area contributed by atoms with E-state index in [2.05, 4.69) is 80.5 Å². The van der Waals surface area contributed by atoms with Gasteiger partial charge >= 0.3 is 0 Å². The Morgan fingerprint density at radius 2 is 1.97 bits per heavy atom. The Labute approximate surface area is 208 Å². The molecule has 35 heavy (non-hydrogen) atoms. The lowest BCUT2D eigenvalue weighted by atomic mass is 9.82. The maximum atomic E-state index is 12.9. The molecule has 3 aromatic rings. The molecule has 0 spiro atoms. The molecule has 0 aliphatic carbocycles. The van der Waals surface area contributed by atoms with Crippen LogP contribution in [0.5, 0.6) is 0 Å². The standard InChI is InChI=1S/C28H39N5O2/c1-19(2)16-29-25(34)21(4)28(6,35-7)26-30-24-20(3)15-23(17-33(24)31-26)32-14-13-27(5,18-32)22-11-9-8-10-12-22/h8-12,15,17,19,21H,13-14,16,18H2,1-7H3,(H,29,34)/t21?,27-,28?/m0/s1. The molecule has 7 heteroatoms. The summed E-state index contributed by atoms with van der Waals surface area (Å²) in [6, 6.07) is 13.0. The first-order chi connectivity index (χ1) is 16.6. The highest BCUT2D eigenvalue weighted by Crippen LogP contribution is 2.37. The number of hydrogen-bond acceptors (Lipinski definition) is 5. The summed E-state index contributed by atoms with van der Waals surface area (Å²) in [5.74, 6) is 0.386. The molecule has 3 heterocycles. The second-order valence-corrected chi connectivity index (χ2v) is 10.9. The maximum absolute atomic E-state index is 12.9. The van der Waals surface area contributed by atoms with E-state index >= 15 is 0 Å². The number of carbonyl (C=O) groups is 1. The zero-order valence-corrected chi connectivity index (χ0v) is 22.1. The van der Waals surface area contributed by atoms with Crippen molar-refractivity contribution in [2.24, 2.45) is 11.8 Å². The summed E-state index contributed by atoms with van der Waals surface area (Å²) in [5.41, 5.74) is 3.51. The van der Waals surface area contributed by atoms with Crippen molar-refractivity contribution in [1.82, 2.24) is 19.9 Å². The van der Waals surface area contributed by atoms with Gasteiger partial charge < -0.3 is 15.0 Å². The maximum Gasteiger partial charge on any atom is 0.226 e. The summed E-state index contributed by atoms with van der Waals surface area (Å²) >= 11 is 0. The topological polar surface area (TPSA) is 71.8 Å². The summed E-state index contributed by atoms with van der Waals surface area (Å²) < 4.78 is 7.72. The van der Waals surface area contributed by atoms with Crippen LogP contribution in [-0.2, 0) is 20.5 Å². The van der Waals surface area contributed by atoms with Gasteiger partial charge in [0.1, 0.15) is 5.60 Å². The molecular weight excluding hydrogens is 438 g/mol. The van der Waals surface area contributed by atoms with E-state index in [1.807, 2.05) is 18.4 Å². The Kier molecular flexibility index (Phi) is 6.91. The van der Waals surface area contributed by atoms with Gasteiger partial charge in [-0.25, -0.2) is 9.50 Å².